The molecular formula is C17H15FN2O4S3. The van der Waals surface area contributed by atoms with Gasteiger partial charge in [0, 0.05) is 4.90 Å². The number of benzene rings is 2. The molecule has 0 radical (unpaired) electrons. The fraction of sp³-hybridized carbons (Fsp3) is 0.176. The van der Waals surface area contributed by atoms with Crippen LogP contribution in [0.25, 0.3) is 10.2 Å². The van der Waals surface area contributed by atoms with Gasteiger partial charge in [-0.05, 0) is 48.7 Å². The van der Waals surface area contributed by atoms with Crippen LogP contribution >= 0.6 is 23.1 Å². The van der Waals surface area contributed by atoms with Crippen LogP contribution in [0.15, 0.2) is 56.7 Å². The summed E-state index contributed by atoms with van der Waals surface area (Å²) in [6.07, 6.45) is 1.93. The lowest BCUT2D eigenvalue weighted by molar-refractivity contribution is -0.141. The van der Waals surface area contributed by atoms with E-state index in [4.69, 9.17) is 4.74 Å². The molecule has 0 aliphatic carbocycles. The molecule has 0 aliphatic heterocycles. The topological polar surface area (TPSA) is 77.7 Å². The summed E-state index contributed by atoms with van der Waals surface area (Å²) in [6.45, 7) is -0.174. The smallest absolute Gasteiger partial charge is 0.325 e. The molecule has 0 bridgehead atoms. The number of thiazole rings is 1. The van der Waals surface area contributed by atoms with E-state index in [0.29, 0.717) is 5.52 Å². The average Bonchev–Trinajstić information content (AvgIpc) is 2.97. The number of nitrogens with zero attached hydrogens (tertiary/aromatic N) is 2. The Hall–Kier alpha value is -2.17. The highest BCUT2D eigenvalue weighted by molar-refractivity contribution is 7.98. The number of hydrogen-bond acceptors (Lipinski definition) is 6. The van der Waals surface area contributed by atoms with Crippen LogP contribution in [0.5, 0.6) is 0 Å². The second-order valence-electron chi connectivity index (χ2n) is 5.40. The number of carbonyl (C=O) groups is 1. The Kier molecular flexibility index (Phi) is 5.68. The summed E-state index contributed by atoms with van der Waals surface area (Å²) in [4.78, 5) is 12.8. The number of aromatic nitrogens is 1. The summed E-state index contributed by atoms with van der Waals surface area (Å²) in [6, 6.07) is 10.0. The number of methoxy groups -OCH3 is 1. The lowest BCUT2D eigenvalue weighted by atomic mass is 10.3. The first-order chi connectivity index (χ1) is 12.8. The fourth-order valence-corrected chi connectivity index (χ4v) is 5.15. The van der Waals surface area contributed by atoms with E-state index in [1.165, 1.54) is 11.7 Å². The van der Waals surface area contributed by atoms with Gasteiger partial charge in [-0.2, -0.15) is 8.42 Å². The summed E-state index contributed by atoms with van der Waals surface area (Å²) in [7, 11) is -2.81. The van der Waals surface area contributed by atoms with Crippen molar-refractivity contribution >= 4 is 49.3 Å². The standard InChI is InChI=1S/C17H15FN2O4S3/c1-24-16(21)10-20-14-8-5-12(25-2)9-15(14)26-17(20)19-27(22,23)13-6-3-11(18)4-7-13/h3-9H,10H2,1-2H3/b19-17-. The molecule has 0 atom stereocenters. The first-order valence-electron chi connectivity index (χ1n) is 7.65. The van der Waals surface area contributed by atoms with Crippen molar-refractivity contribution in [2.45, 2.75) is 16.3 Å². The molecule has 10 heteroatoms. The van der Waals surface area contributed by atoms with E-state index in [1.54, 1.807) is 11.8 Å². The first-order valence-corrected chi connectivity index (χ1v) is 11.1. The highest BCUT2D eigenvalue weighted by Gasteiger charge is 2.16. The van der Waals surface area contributed by atoms with Crippen LogP contribution in [-0.4, -0.2) is 32.3 Å². The van der Waals surface area contributed by atoms with E-state index in [9.17, 15) is 17.6 Å². The van der Waals surface area contributed by atoms with Gasteiger partial charge in [0.15, 0.2) is 0 Å². The van der Waals surface area contributed by atoms with Crippen LogP contribution in [0.4, 0.5) is 4.39 Å². The number of sulfonamides is 1. The minimum Gasteiger partial charge on any atom is -0.468 e. The lowest BCUT2D eigenvalue weighted by Crippen LogP contribution is -2.22. The van der Waals surface area contributed by atoms with Crippen molar-refractivity contribution < 1.29 is 22.3 Å². The van der Waals surface area contributed by atoms with E-state index in [2.05, 4.69) is 4.40 Å². The second kappa shape index (κ2) is 7.83. The maximum absolute atomic E-state index is 13.1. The SMILES string of the molecule is COC(=O)Cn1/c(=N/S(=O)(=O)c2ccc(F)cc2)sc2cc(SC)ccc21. The molecule has 3 rings (SSSR count). The van der Waals surface area contributed by atoms with Gasteiger partial charge in [0.1, 0.15) is 12.4 Å². The van der Waals surface area contributed by atoms with Crippen LogP contribution in [0.2, 0.25) is 0 Å². The number of ether oxygens (including phenoxy) is 1. The number of fused-ring (bicyclic) bond motifs is 1. The van der Waals surface area contributed by atoms with E-state index < -0.39 is 21.8 Å². The van der Waals surface area contributed by atoms with E-state index in [-0.39, 0.29) is 16.2 Å². The Morgan fingerprint density at radius 2 is 1.96 bits per heavy atom. The van der Waals surface area contributed by atoms with Crippen molar-refractivity contribution in [2.75, 3.05) is 13.4 Å². The first kappa shape index (κ1) is 19.6. The molecule has 1 aromatic heterocycles. The number of halogens is 1. The Balaban J connectivity index is 2.21. The molecule has 3 aromatic rings. The third-order valence-electron chi connectivity index (χ3n) is 3.71. The van der Waals surface area contributed by atoms with Gasteiger partial charge in [-0.1, -0.05) is 11.3 Å². The normalized spacial score (nSPS) is 12.5. The van der Waals surface area contributed by atoms with Gasteiger partial charge in [0.2, 0.25) is 4.80 Å². The lowest BCUT2D eigenvalue weighted by Gasteiger charge is -2.04. The number of rotatable bonds is 5. The molecule has 0 amide bonds. The van der Waals surface area contributed by atoms with Gasteiger partial charge in [0.05, 0.1) is 22.2 Å². The molecule has 0 spiro atoms. The largest absolute Gasteiger partial charge is 0.468 e. The maximum Gasteiger partial charge on any atom is 0.325 e. The van der Waals surface area contributed by atoms with Crippen LogP contribution in [0.1, 0.15) is 0 Å². The molecule has 142 valence electrons. The zero-order valence-electron chi connectivity index (χ0n) is 14.4. The Bertz CT molecular complexity index is 1170. The molecule has 0 fully saturated rings. The number of thioether (sulfide) groups is 1. The summed E-state index contributed by atoms with van der Waals surface area (Å²) >= 11 is 2.70. The zero-order chi connectivity index (χ0) is 19.6. The fourth-order valence-electron chi connectivity index (χ4n) is 2.36. The molecule has 0 saturated carbocycles. The Morgan fingerprint density at radius 3 is 2.59 bits per heavy atom. The van der Waals surface area contributed by atoms with E-state index in [0.717, 1.165) is 45.2 Å². The highest BCUT2D eigenvalue weighted by Crippen LogP contribution is 2.24. The quantitative estimate of drug-likeness (QED) is 0.463. The third kappa shape index (κ3) is 4.23. The zero-order valence-corrected chi connectivity index (χ0v) is 16.8. The Morgan fingerprint density at radius 1 is 1.26 bits per heavy atom. The summed E-state index contributed by atoms with van der Waals surface area (Å²) in [5.74, 6) is -1.06. The molecule has 0 unspecified atom stereocenters. The van der Waals surface area contributed by atoms with Crippen LogP contribution < -0.4 is 4.80 Å². The van der Waals surface area contributed by atoms with Crippen LogP contribution in [0, 0.1) is 5.82 Å². The van der Waals surface area contributed by atoms with Crippen LogP contribution in [-0.2, 0) is 26.1 Å². The average molecular weight is 427 g/mol. The van der Waals surface area contributed by atoms with Crippen molar-refractivity contribution in [1.82, 2.24) is 4.57 Å². The van der Waals surface area contributed by atoms with E-state index >= 15 is 0 Å². The monoisotopic (exact) mass is 426 g/mol. The molecule has 0 saturated heterocycles. The third-order valence-corrected chi connectivity index (χ3v) is 6.88. The van der Waals surface area contributed by atoms with Gasteiger partial charge in [0.25, 0.3) is 10.0 Å². The number of carbonyl (C=O) groups excluding carboxylic acids is 1. The molecule has 0 aliphatic rings. The maximum atomic E-state index is 13.1. The van der Waals surface area contributed by atoms with Gasteiger partial charge in [-0.3, -0.25) is 4.79 Å². The molecule has 2 aromatic carbocycles. The van der Waals surface area contributed by atoms with Gasteiger partial charge < -0.3 is 9.30 Å². The molecule has 27 heavy (non-hydrogen) atoms. The van der Waals surface area contributed by atoms with Crippen molar-refractivity contribution in [3.8, 4) is 0 Å². The van der Waals surface area contributed by atoms with Crippen LogP contribution in [0.3, 0.4) is 0 Å². The van der Waals surface area contributed by atoms with Crippen molar-refractivity contribution in [2.24, 2.45) is 4.40 Å². The summed E-state index contributed by atoms with van der Waals surface area (Å²) in [5.41, 5.74) is 0.677. The summed E-state index contributed by atoms with van der Waals surface area (Å²) < 4.78 is 49.2. The second-order valence-corrected chi connectivity index (χ2v) is 8.89. The Labute approximate surface area is 163 Å². The van der Waals surface area contributed by atoms with Gasteiger partial charge in [-0.15, -0.1) is 16.2 Å². The number of esters is 1. The van der Waals surface area contributed by atoms with Gasteiger partial charge >= 0.3 is 5.97 Å². The number of hydrogen-bond donors (Lipinski definition) is 0. The minimum atomic E-state index is -4.07. The predicted octanol–water partition coefficient (Wildman–Crippen LogP) is 3.03. The van der Waals surface area contributed by atoms with Gasteiger partial charge in [-0.25, -0.2) is 4.39 Å². The van der Waals surface area contributed by atoms with E-state index in [1.807, 2.05) is 24.5 Å². The molecule has 6 nitrogen and oxygen atoms in total. The highest BCUT2D eigenvalue weighted by atomic mass is 32.2. The summed E-state index contributed by atoms with van der Waals surface area (Å²) in [5, 5.41) is 0. The van der Waals surface area contributed by atoms with Crippen molar-refractivity contribution in [3.05, 3.63) is 53.1 Å². The van der Waals surface area contributed by atoms with Crippen molar-refractivity contribution in [3.63, 3.8) is 0 Å². The molecule has 0 N–H and O–H groups in total. The molecular weight excluding hydrogens is 411 g/mol. The molecule has 1 heterocycles. The minimum absolute atomic E-state index is 0.129. The van der Waals surface area contributed by atoms with Crippen molar-refractivity contribution in [1.29, 1.82) is 0 Å². The predicted molar refractivity (Wildman–Crippen MR) is 103 cm³/mol.